The lowest BCUT2D eigenvalue weighted by Gasteiger charge is -2.23. The third-order valence-electron chi connectivity index (χ3n) is 4.21. The van der Waals surface area contributed by atoms with Crippen LogP contribution in [0.2, 0.25) is 0 Å². The molecule has 0 saturated heterocycles. The molecule has 122 valence electrons. The quantitative estimate of drug-likeness (QED) is 0.878. The van der Waals surface area contributed by atoms with Gasteiger partial charge in [0.1, 0.15) is 5.75 Å². The van der Waals surface area contributed by atoms with Gasteiger partial charge in [-0.05, 0) is 37.5 Å². The summed E-state index contributed by atoms with van der Waals surface area (Å²) in [6, 6.07) is 7.49. The molecule has 0 spiro atoms. The number of carbonyl (C=O) groups is 1. The van der Waals surface area contributed by atoms with Gasteiger partial charge in [-0.1, -0.05) is 44.2 Å². The lowest BCUT2D eigenvalue weighted by atomic mass is 9.96. The van der Waals surface area contributed by atoms with Crippen molar-refractivity contribution in [2.24, 2.45) is 0 Å². The molecule has 1 atom stereocenters. The molecule has 4 nitrogen and oxygen atoms in total. The summed E-state index contributed by atoms with van der Waals surface area (Å²) in [4.78, 5) is 12.3. The zero-order valence-electron chi connectivity index (χ0n) is 13.4. The lowest BCUT2D eigenvalue weighted by molar-refractivity contribution is -0.128. The van der Waals surface area contributed by atoms with E-state index in [0.717, 1.165) is 18.4 Å². The molecule has 1 saturated carbocycles. The maximum absolute atomic E-state index is 12.3. The van der Waals surface area contributed by atoms with Crippen LogP contribution in [-0.2, 0) is 11.4 Å². The normalized spacial score (nSPS) is 18.1. The minimum atomic E-state index is -0.528. The molecule has 0 heterocycles. The Balaban J connectivity index is 1.85. The summed E-state index contributed by atoms with van der Waals surface area (Å²) in [6.45, 7) is 1.74. The van der Waals surface area contributed by atoms with E-state index in [1.807, 2.05) is 12.1 Å². The highest BCUT2D eigenvalue weighted by atomic mass is 16.5. The zero-order valence-corrected chi connectivity index (χ0v) is 13.4. The van der Waals surface area contributed by atoms with Gasteiger partial charge < -0.3 is 15.2 Å². The molecule has 22 heavy (non-hydrogen) atoms. The molecule has 0 aliphatic heterocycles. The topological polar surface area (TPSA) is 58.6 Å². The summed E-state index contributed by atoms with van der Waals surface area (Å²) in [5, 5.41) is 12.3. The van der Waals surface area contributed by atoms with Crippen LogP contribution < -0.4 is 10.1 Å². The standard InChI is InChI=1S/C18H27NO3/c1-14(22-17-11-7-8-15(12-17)13-20)18(21)19-16-9-5-3-2-4-6-10-16/h7-8,11-12,14,16,20H,2-6,9-10,13H2,1H3,(H,19,21). The number of ether oxygens (including phenoxy) is 1. The molecular formula is C18H27NO3. The Morgan fingerprint density at radius 3 is 2.64 bits per heavy atom. The molecule has 2 N–H and O–H groups in total. The van der Waals surface area contributed by atoms with Crippen LogP contribution in [0.1, 0.15) is 57.4 Å². The average molecular weight is 305 g/mol. The van der Waals surface area contributed by atoms with E-state index in [-0.39, 0.29) is 18.6 Å². The minimum Gasteiger partial charge on any atom is -0.481 e. The zero-order chi connectivity index (χ0) is 15.8. The van der Waals surface area contributed by atoms with Crippen LogP contribution in [0.3, 0.4) is 0 Å². The van der Waals surface area contributed by atoms with Crippen LogP contribution in [0.15, 0.2) is 24.3 Å². The molecule has 2 rings (SSSR count). The smallest absolute Gasteiger partial charge is 0.260 e. The molecule has 1 aliphatic carbocycles. The number of aliphatic hydroxyl groups excluding tert-OH is 1. The predicted molar refractivity (Wildman–Crippen MR) is 86.7 cm³/mol. The van der Waals surface area contributed by atoms with Crippen molar-refractivity contribution in [3.63, 3.8) is 0 Å². The van der Waals surface area contributed by atoms with E-state index in [9.17, 15) is 4.79 Å². The van der Waals surface area contributed by atoms with Gasteiger partial charge in [-0.15, -0.1) is 0 Å². The summed E-state index contributed by atoms with van der Waals surface area (Å²) >= 11 is 0. The van der Waals surface area contributed by atoms with E-state index in [1.54, 1.807) is 19.1 Å². The first-order valence-electron chi connectivity index (χ1n) is 8.36. The second kappa shape index (κ2) is 8.79. The van der Waals surface area contributed by atoms with E-state index in [4.69, 9.17) is 9.84 Å². The van der Waals surface area contributed by atoms with Crippen LogP contribution in [0.4, 0.5) is 0 Å². The SMILES string of the molecule is CC(Oc1cccc(CO)c1)C(=O)NC1CCCCCCC1. The summed E-state index contributed by atoms with van der Waals surface area (Å²) in [6.07, 6.45) is 7.86. The first-order valence-corrected chi connectivity index (χ1v) is 8.36. The van der Waals surface area contributed by atoms with Crippen molar-refractivity contribution in [3.05, 3.63) is 29.8 Å². The van der Waals surface area contributed by atoms with Crippen LogP contribution in [0.25, 0.3) is 0 Å². The summed E-state index contributed by atoms with van der Waals surface area (Å²) in [7, 11) is 0. The summed E-state index contributed by atoms with van der Waals surface area (Å²) in [5.74, 6) is 0.562. The van der Waals surface area contributed by atoms with Crippen molar-refractivity contribution in [2.75, 3.05) is 0 Å². The Morgan fingerprint density at radius 2 is 1.95 bits per heavy atom. The van der Waals surface area contributed by atoms with E-state index in [2.05, 4.69) is 5.32 Å². The maximum atomic E-state index is 12.3. The van der Waals surface area contributed by atoms with Crippen molar-refractivity contribution in [2.45, 2.75) is 70.6 Å². The Hall–Kier alpha value is -1.55. The fourth-order valence-corrected chi connectivity index (χ4v) is 2.89. The predicted octanol–water partition coefficient (Wildman–Crippen LogP) is 3.18. The van der Waals surface area contributed by atoms with E-state index in [0.29, 0.717) is 5.75 Å². The Kier molecular flexibility index (Phi) is 6.72. The molecule has 1 aromatic carbocycles. The molecule has 1 aliphatic rings. The highest BCUT2D eigenvalue weighted by Gasteiger charge is 2.19. The third kappa shape index (κ3) is 5.34. The average Bonchev–Trinajstić information content (AvgIpc) is 2.49. The Morgan fingerprint density at radius 1 is 1.27 bits per heavy atom. The number of hydrogen-bond acceptors (Lipinski definition) is 3. The highest BCUT2D eigenvalue weighted by Crippen LogP contribution is 2.18. The number of hydrogen-bond donors (Lipinski definition) is 2. The van der Waals surface area contributed by atoms with Gasteiger partial charge in [0.25, 0.3) is 5.91 Å². The first kappa shape index (κ1) is 16.8. The van der Waals surface area contributed by atoms with Crippen molar-refractivity contribution in [1.82, 2.24) is 5.32 Å². The summed E-state index contributed by atoms with van der Waals surface area (Å²) in [5.41, 5.74) is 0.783. The van der Waals surface area contributed by atoms with Gasteiger partial charge in [0.15, 0.2) is 6.10 Å². The molecule has 1 amide bonds. The molecule has 1 unspecified atom stereocenters. The monoisotopic (exact) mass is 305 g/mol. The molecule has 0 radical (unpaired) electrons. The van der Waals surface area contributed by atoms with Crippen LogP contribution in [-0.4, -0.2) is 23.2 Å². The molecule has 1 aromatic rings. The van der Waals surface area contributed by atoms with E-state index < -0.39 is 6.10 Å². The van der Waals surface area contributed by atoms with Crippen molar-refractivity contribution >= 4 is 5.91 Å². The largest absolute Gasteiger partial charge is 0.481 e. The third-order valence-corrected chi connectivity index (χ3v) is 4.21. The number of amides is 1. The molecule has 1 fully saturated rings. The van der Waals surface area contributed by atoms with Gasteiger partial charge in [-0.3, -0.25) is 4.79 Å². The number of benzene rings is 1. The van der Waals surface area contributed by atoms with Crippen LogP contribution >= 0.6 is 0 Å². The van der Waals surface area contributed by atoms with Gasteiger partial charge in [0, 0.05) is 6.04 Å². The number of carbonyl (C=O) groups excluding carboxylic acids is 1. The highest BCUT2D eigenvalue weighted by molar-refractivity contribution is 5.81. The fraction of sp³-hybridized carbons (Fsp3) is 0.611. The second-order valence-electron chi connectivity index (χ2n) is 6.12. The molecule has 0 aromatic heterocycles. The lowest BCUT2D eigenvalue weighted by Crippen LogP contribution is -2.42. The van der Waals surface area contributed by atoms with Crippen molar-refractivity contribution in [3.8, 4) is 5.75 Å². The van der Waals surface area contributed by atoms with Gasteiger partial charge in [0.2, 0.25) is 0 Å². The molecule has 0 bridgehead atoms. The Bertz CT molecular complexity index is 467. The van der Waals surface area contributed by atoms with Crippen molar-refractivity contribution in [1.29, 1.82) is 0 Å². The van der Waals surface area contributed by atoms with Crippen LogP contribution in [0.5, 0.6) is 5.75 Å². The van der Waals surface area contributed by atoms with Gasteiger partial charge in [-0.2, -0.15) is 0 Å². The molecular weight excluding hydrogens is 278 g/mol. The van der Waals surface area contributed by atoms with Gasteiger partial charge in [0.05, 0.1) is 6.61 Å². The minimum absolute atomic E-state index is 0.0279. The van der Waals surface area contributed by atoms with Gasteiger partial charge in [-0.25, -0.2) is 0 Å². The fourth-order valence-electron chi connectivity index (χ4n) is 2.89. The first-order chi connectivity index (χ1) is 10.7. The van der Waals surface area contributed by atoms with Crippen LogP contribution in [0, 0.1) is 0 Å². The van der Waals surface area contributed by atoms with Gasteiger partial charge >= 0.3 is 0 Å². The summed E-state index contributed by atoms with van der Waals surface area (Å²) < 4.78 is 5.69. The van der Waals surface area contributed by atoms with Crippen molar-refractivity contribution < 1.29 is 14.6 Å². The number of aliphatic hydroxyl groups is 1. The van der Waals surface area contributed by atoms with E-state index >= 15 is 0 Å². The Labute approximate surface area is 132 Å². The second-order valence-corrected chi connectivity index (χ2v) is 6.12. The number of rotatable bonds is 5. The molecule has 4 heteroatoms. The maximum Gasteiger partial charge on any atom is 0.260 e. The van der Waals surface area contributed by atoms with E-state index in [1.165, 1.54) is 32.1 Å². The number of nitrogens with one attached hydrogen (secondary N) is 1.